The van der Waals surface area contributed by atoms with Gasteiger partial charge in [-0.25, -0.2) is 0 Å². The van der Waals surface area contributed by atoms with Crippen LogP contribution in [0.1, 0.15) is 39.2 Å². The Balaban J connectivity index is 1.42. The third kappa shape index (κ3) is 3.65. The fourth-order valence-corrected chi connectivity index (χ4v) is 4.32. The number of nitrogens with two attached hydrogens (primary N) is 1. The van der Waals surface area contributed by atoms with Gasteiger partial charge in [-0.15, -0.1) is 4.52 Å². The second kappa shape index (κ2) is 8.21. The summed E-state index contributed by atoms with van der Waals surface area (Å²) in [5, 5.41) is 0. The number of hydrogen-bond donors (Lipinski definition) is 1. The third-order valence-corrected chi connectivity index (χ3v) is 5.78. The van der Waals surface area contributed by atoms with Crippen molar-refractivity contribution in [3.8, 4) is 0 Å². The van der Waals surface area contributed by atoms with Crippen LogP contribution in [0.15, 0.2) is 66.7 Å². The molecule has 2 N–H and O–H groups in total. The summed E-state index contributed by atoms with van der Waals surface area (Å²) in [6.45, 7) is 2.83. The second-order valence-electron chi connectivity index (χ2n) is 7.91. The first-order valence-electron chi connectivity index (χ1n) is 10.7. The molecule has 1 aliphatic rings. The molecule has 2 aromatic heterocycles. The minimum atomic E-state index is 0.654. The molecule has 0 saturated heterocycles. The van der Waals surface area contributed by atoms with E-state index < -0.39 is 0 Å². The van der Waals surface area contributed by atoms with Crippen molar-refractivity contribution < 1.29 is 4.36 Å². The molecule has 3 heterocycles. The molecule has 0 radical (unpaired) electrons. The van der Waals surface area contributed by atoms with Crippen LogP contribution < -0.4 is 10.1 Å². The Bertz CT molecular complexity index is 1370. The summed E-state index contributed by atoms with van der Waals surface area (Å²) in [5.74, 6) is 0. The van der Waals surface area contributed by atoms with Crippen LogP contribution >= 0.6 is 0 Å². The van der Waals surface area contributed by atoms with Crippen LogP contribution in [0, 0.1) is 13.1 Å². The Morgan fingerprint density at radius 3 is 2.19 bits per heavy atom. The first-order chi connectivity index (χ1) is 15.2. The number of nitrogens with zero attached hydrogens (tertiary/aromatic N) is 2. The summed E-state index contributed by atoms with van der Waals surface area (Å²) in [6, 6.07) is 21.3. The average Bonchev–Trinajstić information content (AvgIpc) is 3.47. The van der Waals surface area contributed by atoms with Crippen molar-refractivity contribution in [3.63, 3.8) is 0 Å². The van der Waals surface area contributed by atoms with Gasteiger partial charge in [0, 0.05) is 12.2 Å². The number of aromatic nitrogens is 2. The molecule has 1 aliphatic heterocycles. The van der Waals surface area contributed by atoms with E-state index in [1.807, 2.05) is 6.07 Å². The standard InChI is InChI=1S/C28H26N3/c1-21-20-25(31-28(21)26(17-18-29)27-8-5-19-30(27)31)16-15-24-13-11-23(12-14-24)10-9-22-6-3-2-4-7-22/h2-16,19-20H,17-18,29H2,1H3/q+1. The molecule has 0 saturated carbocycles. The Labute approximate surface area is 182 Å². The van der Waals surface area contributed by atoms with Gasteiger partial charge in [0.25, 0.3) is 0 Å². The maximum Gasteiger partial charge on any atom is 0.242 e. The van der Waals surface area contributed by atoms with E-state index in [0.717, 1.165) is 6.42 Å². The molecule has 2 aromatic carbocycles. The van der Waals surface area contributed by atoms with E-state index in [4.69, 9.17) is 5.73 Å². The van der Waals surface area contributed by atoms with Gasteiger partial charge in [-0.3, -0.25) is 0 Å². The van der Waals surface area contributed by atoms with Gasteiger partial charge in [0.2, 0.25) is 11.9 Å². The highest BCUT2D eigenvalue weighted by Gasteiger charge is 2.26. The predicted octanol–water partition coefficient (Wildman–Crippen LogP) is 5.13. The lowest BCUT2D eigenvalue weighted by Gasteiger charge is -1.97. The van der Waals surface area contributed by atoms with E-state index >= 15 is 0 Å². The van der Waals surface area contributed by atoms with Crippen LogP contribution in [0.25, 0.3) is 35.9 Å². The van der Waals surface area contributed by atoms with Crippen LogP contribution in [0.2, 0.25) is 0 Å². The normalized spacial score (nSPS) is 13.0. The fraction of sp³-hybridized carbons (Fsp3) is 0.107. The van der Waals surface area contributed by atoms with Crippen LogP contribution in [0.3, 0.4) is 0 Å². The minimum absolute atomic E-state index is 0.654. The van der Waals surface area contributed by atoms with E-state index in [9.17, 15) is 0 Å². The van der Waals surface area contributed by atoms with Crippen molar-refractivity contribution in [1.29, 1.82) is 0 Å². The summed E-state index contributed by atoms with van der Waals surface area (Å²) in [4.78, 5) is 0. The van der Waals surface area contributed by atoms with Crippen LogP contribution in [-0.2, 0) is 6.42 Å². The number of fused-ring (bicyclic) bond motifs is 3. The molecule has 0 spiro atoms. The number of aryl methyl sites for hydroxylation is 1. The van der Waals surface area contributed by atoms with Crippen molar-refractivity contribution in [2.24, 2.45) is 5.73 Å². The zero-order chi connectivity index (χ0) is 21.2. The summed E-state index contributed by atoms with van der Waals surface area (Å²) in [7, 11) is 0. The van der Waals surface area contributed by atoms with E-state index in [0.29, 0.717) is 6.54 Å². The third-order valence-electron chi connectivity index (χ3n) is 5.78. The highest BCUT2D eigenvalue weighted by Crippen LogP contribution is 2.25. The van der Waals surface area contributed by atoms with Gasteiger partial charge in [-0.2, -0.15) is 0 Å². The van der Waals surface area contributed by atoms with E-state index in [-0.39, 0.29) is 0 Å². The lowest BCUT2D eigenvalue weighted by molar-refractivity contribution is -0.583. The molecule has 4 aromatic rings. The number of rotatable bonds is 6. The molecule has 0 atom stereocenters. The molecular weight excluding hydrogens is 378 g/mol. The van der Waals surface area contributed by atoms with E-state index in [1.165, 1.54) is 44.7 Å². The van der Waals surface area contributed by atoms with Gasteiger partial charge in [0.1, 0.15) is 11.2 Å². The predicted molar refractivity (Wildman–Crippen MR) is 130 cm³/mol. The molecule has 0 unspecified atom stereocenters. The summed E-state index contributed by atoms with van der Waals surface area (Å²) in [5.41, 5.74) is 15.8. The topological polar surface area (TPSA) is 36.3 Å². The first kappa shape index (κ1) is 19.3. The highest BCUT2D eigenvalue weighted by atomic mass is 15.3. The average molecular weight is 405 g/mol. The van der Waals surface area contributed by atoms with Crippen LogP contribution in [0.4, 0.5) is 0 Å². The fourth-order valence-electron chi connectivity index (χ4n) is 4.32. The van der Waals surface area contributed by atoms with Crippen molar-refractivity contribution >= 4 is 35.9 Å². The lowest BCUT2D eigenvalue weighted by atomic mass is 10.1. The zero-order valence-corrected chi connectivity index (χ0v) is 17.7. The molecule has 31 heavy (non-hydrogen) atoms. The minimum Gasteiger partial charge on any atom is -0.330 e. The van der Waals surface area contributed by atoms with Gasteiger partial charge in [-0.1, -0.05) is 77.2 Å². The smallest absolute Gasteiger partial charge is 0.242 e. The molecule has 3 nitrogen and oxygen atoms in total. The second-order valence-corrected chi connectivity index (χ2v) is 7.91. The number of hydrogen-bond acceptors (Lipinski definition) is 1. The molecule has 0 aliphatic carbocycles. The molecular formula is C28H26N3+. The maximum absolute atomic E-state index is 5.89. The first-order valence-corrected chi connectivity index (χ1v) is 10.7. The number of allylic oxidation sites excluding steroid dienone is 1. The largest absolute Gasteiger partial charge is 0.330 e. The maximum atomic E-state index is 5.89. The summed E-state index contributed by atoms with van der Waals surface area (Å²) in [6.07, 6.45) is 15.9. The van der Waals surface area contributed by atoms with Crippen LogP contribution in [-0.4, -0.2) is 11.1 Å². The van der Waals surface area contributed by atoms with Gasteiger partial charge in [0.05, 0.1) is 5.56 Å². The summed E-state index contributed by atoms with van der Waals surface area (Å²) >= 11 is 0. The molecule has 0 amide bonds. The highest BCUT2D eigenvalue weighted by molar-refractivity contribution is 5.76. The lowest BCUT2D eigenvalue weighted by Crippen LogP contribution is -2.24. The van der Waals surface area contributed by atoms with Crippen LogP contribution in [0.5, 0.6) is 0 Å². The van der Waals surface area contributed by atoms with Gasteiger partial charge in [0.15, 0.2) is 0 Å². The molecule has 3 heteroatoms. The Kier molecular flexibility index (Phi) is 5.11. The molecule has 0 bridgehead atoms. The Morgan fingerprint density at radius 1 is 0.871 bits per heavy atom. The van der Waals surface area contributed by atoms with E-state index in [1.54, 1.807) is 0 Å². The van der Waals surface area contributed by atoms with Crippen molar-refractivity contribution in [3.05, 3.63) is 112 Å². The number of benzene rings is 2. The SMILES string of the molecule is Cc1cc(C=Cc2ccc(C=Cc3ccccc3)cc2)n2c1c(CCN)c1[n+]2=CC=C1. The summed E-state index contributed by atoms with van der Waals surface area (Å²) < 4.78 is 4.52. The van der Waals surface area contributed by atoms with Crippen molar-refractivity contribution in [1.82, 2.24) is 4.52 Å². The molecule has 0 fully saturated rings. The van der Waals surface area contributed by atoms with Crippen molar-refractivity contribution in [2.45, 2.75) is 13.3 Å². The molecule has 152 valence electrons. The zero-order valence-electron chi connectivity index (χ0n) is 17.7. The quantitative estimate of drug-likeness (QED) is 0.351. The Hall–Kier alpha value is -3.69. The Morgan fingerprint density at radius 2 is 1.52 bits per heavy atom. The van der Waals surface area contributed by atoms with E-state index in [2.05, 4.69) is 113 Å². The van der Waals surface area contributed by atoms with Crippen molar-refractivity contribution in [2.75, 3.05) is 6.54 Å². The molecule has 5 rings (SSSR count). The van der Waals surface area contributed by atoms with Gasteiger partial charge in [-0.05, 0) is 54.3 Å². The van der Waals surface area contributed by atoms with Gasteiger partial charge >= 0.3 is 0 Å². The monoisotopic (exact) mass is 404 g/mol. The van der Waals surface area contributed by atoms with Gasteiger partial charge < -0.3 is 5.73 Å².